The predicted octanol–water partition coefficient (Wildman–Crippen LogP) is 3.41. The van der Waals surface area contributed by atoms with Gasteiger partial charge in [-0.3, -0.25) is 0 Å². The monoisotopic (exact) mass is 426 g/mol. The van der Waals surface area contributed by atoms with E-state index in [-0.39, 0.29) is 16.7 Å². The fourth-order valence-corrected chi connectivity index (χ4v) is 3.10. The lowest BCUT2D eigenvalue weighted by Crippen LogP contribution is -2.11. The first-order valence-electron chi connectivity index (χ1n) is 8.57. The summed E-state index contributed by atoms with van der Waals surface area (Å²) in [6.45, 7) is 0. The highest BCUT2D eigenvalue weighted by atomic mass is 32.2. The van der Waals surface area contributed by atoms with Crippen LogP contribution in [0, 0.1) is 5.82 Å². The zero-order chi connectivity index (χ0) is 21.1. The maximum absolute atomic E-state index is 14.2. The Bertz CT molecular complexity index is 1260. The van der Waals surface area contributed by atoms with Gasteiger partial charge in [-0.25, -0.2) is 27.9 Å². The van der Waals surface area contributed by atoms with Crippen LogP contribution < -0.4 is 15.8 Å². The van der Waals surface area contributed by atoms with E-state index in [2.05, 4.69) is 25.6 Å². The summed E-state index contributed by atoms with van der Waals surface area (Å²) in [5, 5.41) is 10.8. The molecule has 9 nitrogen and oxygen atoms in total. The molecular formula is C19H15FN6O3S. The molecule has 11 heteroatoms. The molecule has 0 aliphatic rings. The Labute approximate surface area is 170 Å². The van der Waals surface area contributed by atoms with Crippen molar-refractivity contribution in [2.45, 2.75) is 4.90 Å². The first-order valence-corrected chi connectivity index (χ1v) is 10.1. The van der Waals surface area contributed by atoms with Crippen LogP contribution in [0.4, 0.5) is 27.5 Å². The number of hydrogen-bond acceptors (Lipinski definition) is 8. The average Bonchev–Trinajstić information content (AvgIpc) is 3.26. The fourth-order valence-electron chi connectivity index (χ4n) is 2.58. The van der Waals surface area contributed by atoms with E-state index in [1.807, 2.05) is 0 Å². The molecule has 30 heavy (non-hydrogen) atoms. The van der Waals surface area contributed by atoms with E-state index < -0.39 is 15.8 Å². The van der Waals surface area contributed by atoms with E-state index in [4.69, 9.17) is 9.56 Å². The topological polar surface area (TPSA) is 136 Å². The molecule has 0 fully saturated rings. The van der Waals surface area contributed by atoms with Gasteiger partial charge in [-0.2, -0.15) is 4.98 Å². The smallest absolute Gasteiger partial charge is 0.238 e. The van der Waals surface area contributed by atoms with E-state index in [1.165, 1.54) is 30.7 Å². The summed E-state index contributed by atoms with van der Waals surface area (Å²) in [6.07, 6.45) is 3.97. The van der Waals surface area contributed by atoms with Crippen LogP contribution in [0.1, 0.15) is 0 Å². The minimum absolute atomic E-state index is 0.0239. The number of nitrogens with zero attached hydrogens (tertiary/aromatic N) is 3. The van der Waals surface area contributed by atoms with Crippen molar-refractivity contribution in [3.8, 4) is 11.3 Å². The summed E-state index contributed by atoms with van der Waals surface area (Å²) in [5.74, 6) is 0.0840. The van der Waals surface area contributed by atoms with Crippen LogP contribution in [-0.2, 0) is 10.0 Å². The Balaban J connectivity index is 1.50. The van der Waals surface area contributed by atoms with Crippen molar-refractivity contribution in [3.63, 3.8) is 0 Å². The van der Waals surface area contributed by atoms with Gasteiger partial charge in [0, 0.05) is 16.9 Å². The van der Waals surface area contributed by atoms with E-state index in [0.717, 1.165) is 11.8 Å². The van der Waals surface area contributed by atoms with Crippen molar-refractivity contribution in [2.24, 2.45) is 5.14 Å². The van der Waals surface area contributed by atoms with Gasteiger partial charge in [-0.1, -0.05) is 0 Å². The molecule has 4 rings (SSSR count). The summed E-state index contributed by atoms with van der Waals surface area (Å²) >= 11 is 0. The van der Waals surface area contributed by atoms with Crippen molar-refractivity contribution in [1.29, 1.82) is 0 Å². The van der Waals surface area contributed by atoms with Crippen molar-refractivity contribution in [3.05, 3.63) is 73.1 Å². The van der Waals surface area contributed by atoms with Gasteiger partial charge in [0.25, 0.3) is 0 Å². The number of rotatable bonds is 6. The second-order valence-electron chi connectivity index (χ2n) is 6.15. The summed E-state index contributed by atoms with van der Waals surface area (Å²) in [4.78, 5) is 11.9. The van der Waals surface area contributed by atoms with Crippen LogP contribution in [-0.4, -0.2) is 23.4 Å². The second-order valence-corrected chi connectivity index (χ2v) is 7.71. The molecular weight excluding hydrogens is 411 g/mol. The molecule has 4 aromatic rings. The lowest BCUT2D eigenvalue weighted by Gasteiger charge is -2.10. The van der Waals surface area contributed by atoms with Gasteiger partial charge in [0.05, 0.1) is 17.3 Å². The Kier molecular flexibility index (Phi) is 5.12. The molecule has 0 unspecified atom stereocenters. The van der Waals surface area contributed by atoms with Gasteiger partial charge in [-0.15, -0.1) is 0 Å². The normalized spacial score (nSPS) is 11.3. The number of aromatic nitrogens is 3. The molecule has 2 aromatic carbocycles. The molecule has 0 spiro atoms. The molecule has 0 saturated heterocycles. The molecule has 2 heterocycles. The average molecular weight is 426 g/mol. The molecule has 0 amide bonds. The molecule has 0 bridgehead atoms. The Hall–Kier alpha value is -3.83. The Morgan fingerprint density at radius 3 is 2.23 bits per heavy atom. The van der Waals surface area contributed by atoms with Gasteiger partial charge in [0.2, 0.25) is 16.0 Å². The molecule has 0 radical (unpaired) electrons. The molecule has 0 aliphatic heterocycles. The fraction of sp³-hybridized carbons (Fsp3) is 0. The van der Waals surface area contributed by atoms with Crippen LogP contribution in [0.2, 0.25) is 0 Å². The summed E-state index contributed by atoms with van der Waals surface area (Å²) in [5.41, 5.74) is 1.95. The Morgan fingerprint density at radius 2 is 1.60 bits per heavy atom. The first kappa shape index (κ1) is 19.5. The standard InChI is InChI=1S/C19H15FN6O3S/c20-16-9-23-19(25-14-5-7-15(8-6-14)30(21,27)28)26-18(16)24-13-3-1-12(2-4-13)17-10-22-11-29-17/h1-11H,(H2,21,27,28)(H2,23,24,25,26). The van der Waals surface area contributed by atoms with Crippen LogP contribution >= 0.6 is 0 Å². The number of anilines is 4. The maximum Gasteiger partial charge on any atom is 0.238 e. The number of sulfonamides is 1. The minimum atomic E-state index is -3.78. The van der Waals surface area contributed by atoms with Crippen molar-refractivity contribution < 1.29 is 17.2 Å². The highest BCUT2D eigenvalue weighted by Gasteiger charge is 2.10. The predicted molar refractivity (Wildman–Crippen MR) is 108 cm³/mol. The van der Waals surface area contributed by atoms with Gasteiger partial charge in [-0.05, 0) is 48.5 Å². The number of nitrogens with two attached hydrogens (primary N) is 1. The number of primary sulfonamides is 1. The molecule has 2 aromatic heterocycles. The number of oxazole rings is 1. The third-order valence-electron chi connectivity index (χ3n) is 4.05. The molecule has 4 N–H and O–H groups in total. The molecule has 0 atom stereocenters. The van der Waals surface area contributed by atoms with E-state index in [9.17, 15) is 12.8 Å². The maximum atomic E-state index is 14.2. The minimum Gasteiger partial charge on any atom is -0.444 e. The SMILES string of the molecule is NS(=O)(=O)c1ccc(Nc2ncc(F)c(Nc3ccc(-c4cnco4)cc3)n2)cc1. The van der Waals surface area contributed by atoms with E-state index in [1.54, 1.807) is 30.5 Å². The van der Waals surface area contributed by atoms with Crippen molar-refractivity contribution in [2.75, 3.05) is 10.6 Å². The summed E-state index contributed by atoms with van der Waals surface area (Å²) in [7, 11) is -3.78. The number of benzene rings is 2. The lowest BCUT2D eigenvalue weighted by molar-refractivity contribution is 0.572. The second kappa shape index (κ2) is 7.89. The van der Waals surface area contributed by atoms with Gasteiger partial charge >= 0.3 is 0 Å². The van der Waals surface area contributed by atoms with Crippen LogP contribution in [0.3, 0.4) is 0 Å². The zero-order valence-electron chi connectivity index (χ0n) is 15.3. The van der Waals surface area contributed by atoms with Gasteiger partial charge in [0.15, 0.2) is 23.8 Å². The summed E-state index contributed by atoms with van der Waals surface area (Å²) < 4.78 is 42.0. The number of hydrogen-bond donors (Lipinski definition) is 3. The van der Waals surface area contributed by atoms with Crippen LogP contribution in [0.5, 0.6) is 0 Å². The largest absolute Gasteiger partial charge is 0.444 e. The molecule has 0 saturated carbocycles. The van der Waals surface area contributed by atoms with Crippen LogP contribution in [0.15, 0.2) is 76.6 Å². The van der Waals surface area contributed by atoms with Crippen molar-refractivity contribution in [1.82, 2.24) is 15.0 Å². The molecule has 0 aliphatic carbocycles. The van der Waals surface area contributed by atoms with E-state index >= 15 is 0 Å². The van der Waals surface area contributed by atoms with Gasteiger partial charge in [0.1, 0.15) is 0 Å². The third kappa shape index (κ3) is 4.42. The quantitative estimate of drug-likeness (QED) is 0.427. The highest BCUT2D eigenvalue weighted by molar-refractivity contribution is 7.89. The van der Waals surface area contributed by atoms with E-state index in [0.29, 0.717) is 17.1 Å². The molecule has 152 valence electrons. The third-order valence-corrected chi connectivity index (χ3v) is 4.98. The Morgan fingerprint density at radius 1 is 0.933 bits per heavy atom. The van der Waals surface area contributed by atoms with Crippen LogP contribution in [0.25, 0.3) is 11.3 Å². The first-order chi connectivity index (χ1) is 14.4. The zero-order valence-corrected chi connectivity index (χ0v) is 16.1. The lowest BCUT2D eigenvalue weighted by atomic mass is 10.2. The highest BCUT2D eigenvalue weighted by Crippen LogP contribution is 2.24. The van der Waals surface area contributed by atoms with Crippen molar-refractivity contribution >= 4 is 33.2 Å². The summed E-state index contributed by atoms with van der Waals surface area (Å²) in [6, 6.07) is 12.8. The number of halogens is 1. The van der Waals surface area contributed by atoms with Gasteiger partial charge < -0.3 is 15.1 Å². The number of nitrogens with one attached hydrogen (secondary N) is 2.